The third kappa shape index (κ3) is 2.38. The van der Waals surface area contributed by atoms with Crippen LogP contribution in [0.15, 0.2) is 30.3 Å². The van der Waals surface area contributed by atoms with Crippen molar-refractivity contribution < 1.29 is 4.79 Å². The van der Waals surface area contributed by atoms with E-state index in [2.05, 4.69) is 29.3 Å². The maximum Gasteiger partial charge on any atom is 0.241 e. The highest BCUT2D eigenvalue weighted by Crippen LogP contribution is 2.24. The van der Waals surface area contributed by atoms with Gasteiger partial charge < -0.3 is 10.2 Å². The monoisotopic (exact) mass is 259 g/mol. The predicted octanol–water partition coefficient (Wildman–Crippen LogP) is 0.864. The lowest BCUT2D eigenvalue weighted by molar-refractivity contribution is -0.145. The molecule has 1 aromatic carbocycles. The smallest absolute Gasteiger partial charge is 0.241 e. The third-order valence-electron chi connectivity index (χ3n) is 4.30. The van der Waals surface area contributed by atoms with E-state index in [1.807, 2.05) is 23.1 Å². The summed E-state index contributed by atoms with van der Waals surface area (Å²) in [6.45, 7) is 6.73. The van der Waals surface area contributed by atoms with Crippen molar-refractivity contribution in [3.8, 4) is 0 Å². The van der Waals surface area contributed by atoms with Crippen molar-refractivity contribution in [1.82, 2.24) is 15.1 Å². The summed E-state index contributed by atoms with van der Waals surface area (Å²) in [5.74, 6) is 0.273. The van der Waals surface area contributed by atoms with E-state index in [-0.39, 0.29) is 18.0 Å². The molecule has 0 spiro atoms. The van der Waals surface area contributed by atoms with Crippen molar-refractivity contribution >= 4 is 5.91 Å². The van der Waals surface area contributed by atoms with E-state index in [0.29, 0.717) is 0 Å². The van der Waals surface area contributed by atoms with Gasteiger partial charge in [0, 0.05) is 32.7 Å². The number of amides is 1. The molecule has 102 valence electrons. The Morgan fingerprint density at radius 2 is 2.00 bits per heavy atom. The molecule has 0 saturated carbocycles. The summed E-state index contributed by atoms with van der Waals surface area (Å²) < 4.78 is 0. The van der Waals surface area contributed by atoms with Gasteiger partial charge in [-0.05, 0) is 12.5 Å². The fourth-order valence-electron chi connectivity index (χ4n) is 3.09. The van der Waals surface area contributed by atoms with Crippen LogP contribution in [-0.2, 0) is 4.79 Å². The van der Waals surface area contributed by atoms with Gasteiger partial charge in [-0.1, -0.05) is 30.3 Å². The molecule has 4 heteroatoms. The van der Waals surface area contributed by atoms with Crippen LogP contribution in [0.3, 0.4) is 0 Å². The van der Waals surface area contributed by atoms with Crippen LogP contribution in [-0.4, -0.2) is 54.5 Å². The van der Waals surface area contributed by atoms with Crippen LogP contribution in [0.4, 0.5) is 0 Å². The largest absolute Gasteiger partial charge is 0.333 e. The molecule has 2 fully saturated rings. The number of carbonyl (C=O) groups excluding carboxylic acids is 1. The standard InChI is InChI=1S/C15H21N3O/c1-12(13-5-3-2-4-6-13)18-10-9-17-8-7-16-11-14(17)15(18)19/h2-6,12,14,16H,7-11H2,1H3. The Kier molecular flexibility index (Phi) is 3.53. The van der Waals surface area contributed by atoms with Crippen LogP contribution in [0.1, 0.15) is 18.5 Å². The second-order valence-corrected chi connectivity index (χ2v) is 5.37. The first-order chi connectivity index (χ1) is 9.27. The Labute approximate surface area is 114 Å². The SMILES string of the molecule is CC(c1ccccc1)N1CCN2CCNCC2C1=O. The zero-order valence-corrected chi connectivity index (χ0v) is 11.4. The van der Waals surface area contributed by atoms with Crippen molar-refractivity contribution in [1.29, 1.82) is 0 Å². The number of rotatable bonds is 2. The molecule has 2 unspecified atom stereocenters. The molecule has 0 radical (unpaired) electrons. The number of fused-ring (bicyclic) bond motifs is 1. The molecule has 0 aromatic heterocycles. The van der Waals surface area contributed by atoms with Gasteiger partial charge in [0.1, 0.15) is 6.04 Å². The topological polar surface area (TPSA) is 35.6 Å². The van der Waals surface area contributed by atoms with E-state index in [0.717, 1.165) is 32.7 Å². The molecule has 1 amide bonds. The maximum absolute atomic E-state index is 12.6. The van der Waals surface area contributed by atoms with Gasteiger partial charge in [0.05, 0.1) is 6.04 Å². The van der Waals surface area contributed by atoms with Crippen molar-refractivity contribution in [3.63, 3.8) is 0 Å². The van der Waals surface area contributed by atoms with Crippen molar-refractivity contribution in [2.24, 2.45) is 0 Å². The van der Waals surface area contributed by atoms with Gasteiger partial charge in [-0.2, -0.15) is 0 Å². The van der Waals surface area contributed by atoms with Gasteiger partial charge in [-0.25, -0.2) is 0 Å². The number of carbonyl (C=O) groups is 1. The fraction of sp³-hybridized carbons (Fsp3) is 0.533. The van der Waals surface area contributed by atoms with Crippen LogP contribution >= 0.6 is 0 Å². The minimum atomic E-state index is 0.0358. The first kappa shape index (κ1) is 12.6. The molecule has 2 heterocycles. The fourth-order valence-corrected chi connectivity index (χ4v) is 3.09. The summed E-state index contributed by atoms with van der Waals surface area (Å²) in [6.07, 6.45) is 0. The summed E-state index contributed by atoms with van der Waals surface area (Å²) >= 11 is 0. The molecule has 3 rings (SSSR count). The van der Waals surface area contributed by atoms with Crippen LogP contribution in [0.5, 0.6) is 0 Å². The molecule has 0 aliphatic carbocycles. The lowest BCUT2D eigenvalue weighted by Gasteiger charge is -2.45. The molecule has 2 saturated heterocycles. The first-order valence-electron chi connectivity index (χ1n) is 7.07. The third-order valence-corrected chi connectivity index (χ3v) is 4.30. The molecule has 2 aliphatic rings. The highest BCUT2D eigenvalue weighted by molar-refractivity contribution is 5.83. The molecular weight excluding hydrogens is 238 g/mol. The molecule has 4 nitrogen and oxygen atoms in total. The van der Waals surface area contributed by atoms with E-state index in [1.54, 1.807) is 0 Å². The average molecular weight is 259 g/mol. The molecule has 1 N–H and O–H groups in total. The zero-order chi connectivity index (χ0) is 13.2. The zero-order valence-electron chi connectivity index (χ0n) is 11.4. The molecule has 2 atom stereocenters. The van der Waals surface area contributed by atoms with Gasteiger partial charge >= 0.3 is 0 Å². The highest BCUT2D eigenvalue weighted by atomic mass is 16.2. The number of nitrogens with zero attached hydrogens (tertiary/aromatic N) is 2. The summed E-state index contributed by atoms with van der Waals surface area (Å²) in [7, 11) is 0. The lowest BCUT2D eigenvalue weighted by Crippen LogP contribution is -2.64. The average Bonchev–Trinajstić information content (AvgIpc) is 2.48. The molecule has 0 bridgehead atoms. The van der Waals surface area contributed by atoms with E-state index in [1.165, 1.54) is 5.56 Å². The Morgan fingerprint density at radius 3 is 2.79 bits per heavy atom. The van der Waals surface area contributed by atoms with Crippen molar-refractivity contribution in [2.75, 3.05) is 32.7 Å². The number of piperazine rings is 2. The Morgan fingerprint density at radius 1 is 1.21 bits per heavy atom. The van der Waals surface area contributed by atoms with E-state index < -0.39 is 0 Å². The van der Waals surface area contributed by atoms with Gasteiger partial charge in [0.2, 0.25) is 5.91 Å². The van der Waals surface area contributed by atoms with E-state index in [4.69, 9.17) is 0 Å². The van der Waals surface area contributed by atoms with Gasteiger partial charge in [-0.15, -0.1) is 0 Å². The van der Waals surface area contributed by atoms with Gasteiger partial charge in [-0.3, -0.25) is 9.69 Å². The van der Waals surface area contributed by atoms with Crippen LogP contribution < -0.4 is 5.32 Å². The minimum Gasteiger partial charge on any atom is -0.333 e. The number of nitrogens with one attached hydrogen (secondary N) is 1. The van der Waals surface area contributed by atoms with Crippen molar-refractivity contribution in [3.05, 3.63) is 35.9 Å². The summed E-state index contributed by atoms with van der Waals surface area (Å²) in [5, 5.41) is 3.32. The second kappa shape index (κ2) is 5.31. The Balaban J connectivity index is 1.76. The molecule has 1 aromatic rings. The summed E-state index contributed by atoms with van der Waals surface area (Å²) in [6, 6.07) is 10.5. The maximum atomic E-state index is 12.6. The molecule has 2 aliphatic heterocycles. The molecule has 19 heavy (non-hydrogen) atoms. The lowest BCUT2D eigenvalue weighted by atomic mass is 10.0. The highest BCUT2D eigenvalue weighted by Gasteiger charge is 2.37. The predicted molar refractivity (Wildman–Crippen MR) is 74.8 cm³/mol. The number of hydrogen-bond acceptors (Lipinski definition) is 3. The summed E-state index contributed by atoms with van der Waals surface area (Å²) in [4.78, 5) is 17.0. The van der Waals surface area contributed by atoms with E-state index in [9.17, 15) is 4.79 Å². The summed E-state index contributed by atoms with van der Waals surface area (Å²) in [5.41, 5.74) is 1.22. The van der Waals surface area contributed by atoms with Crippen LogP contribution in [0.25, 0.3) is 0 Å². The quantitative estimate of drug-likeness (QED) is 0.856. The number of benzene rings is 1. The normalized spacial score (nSPS) is 26.1. The number of hydrogen-bond donors (Lipinski definition) is 1. The second-order valence-electron chi connectivity index (χ2n) is 5.37. The Bertz CT molecular complexity index is 448. The van der Waals surface area contributed by atoms with Gasteiger partial charge in [0.25, 0.3) is 0 Å². The van der Waals surface area contributed by atoms with Crippen LogP contribution in [0.2, 0.25) is 0 Å². The van der Waals surface area contributed by atoms with Crippen molar-refractivity contribution in [2.45, 2.75) is 19.0 Å². The first-order valence-corrected chi connectivity index (χ1v) is 7.07. The van der Waals surface area contributed by atoms with Gasteiger partial charge in [0.15, 0.2) is 0 Å². The van der Waals surface area contributed by atoms with E-state index >= 15 is 0 Å². The Hall–Kier alpha value is -1.39. The molecular formula is C15H21N3O. The minimum absolute atomic E-state index is 0.0358. The van der Waals surface area contributed by atoms with Crippen LogP contribution in [0, 0.1) is 0 Å².